The smallest absolute Gasteiger partial charge is 0.123 e. The van der Waals surface area contributed by atoms with Crippen molar-refractivity contribution >= 4 is 11.6 Å². The van der Waals surface area contributed by atoms with Crippen molar-refractivity contribution < 1.29 is 8.81 Å². The molecule has 1 aromatic heterocycles. The van der Waals surface area contributed by atoms with Gasteiger partial charge in [0.15, 0.2) is 0 Å². The standard InChI is InChI=1S/C20H19ClFNO/c21-17-7-3-15(4-8-17)20(16-5-9-18(22)10-6-16)11-12-23-14-19-2-1-13-24-19/h1-10,13,20,23H,11-12,14H2/t20-/m1/s1. The molecule has 124 valence electrons. The van der Waals surface area contributed by atoms with Gasteiger partial charge in [0.05, 0.1) is 12.8 Å². The zero-order chi connectivity index (χ0) is 16.8. The molecule has 0 unspecified atom stereocenters. The first-order chi connectivity index (χ1) is 11.7. The van der Waals surface area contributed by atoms with Crippen LogP contribution in [-0.2, 0) is 6.54 Å². The van der Waals surface area contributed by atoms with Gasteiger partial charge in [0.2, 0.25) is 0 Å². The minimum Gasteiger partial charge on any atom is -0.468 e. The van der Waals surface area contributed by atoms with Gasteiger partial charge in [0, 0.05) is 10.9 Å². The van der Waals surface area contributed by atoms with E-state index in [1.807, 2.05) is 48.5 Å². The minimum absolute atomic E-state index is 0.187. The van der Waals surface area contributed by atoms with Crippen LogP contribution in [0.3, 0.4) is 0 Å². The molecule has 0 aliphatic carbocycles. The number of benzene rings is 2. The molecule has 0 saturated heterocycles. The van der Waals surface area contributed by atoms with Crippen molar-refractivity contribution in [1.29, 1.82) is 0 Å². The van der Waals surface area contributed by atoms with Crippen LogP contribution < -0.4 is 5.32 Å². The maximum Gasteiger partial charge on any atom is 0.123 e. The SMILES string of the molecule is Fc1ccc([C@H](CCNCc2ccco2)c2ccc(Cl)cc2)cc1. The number of rotatable bonds is 7. The average molecular weight is 344 g/mol. The molecule has 3 aromatic rings. The monoisotopic (exact) mass is 343 g/mol. The number of furan rings is 1. The normalized spacial score (nSPS) is 12.2. The molecule has 1 N–H and O–H groups in total. The van der Waals surface area contributed by atoms with Crippen molar-refractivity contribution in [2.75, 3.05) is 6.54 Å². The summed E-state index contributed by atoms with van der Waals surface area (Å²) in [5.41, 5.74) is 2.27. The first-order valence-electron chi connectivity index (χ1n) is 7.96. The fourth-order valence-electron chi connectivity index (χ4n) is 2.79. The van der Waals surface area contributed by atoms with Gasteiger partial charge in [-0.2, -0.15) is 0 Å². The third kappa shape index (κ3) is 4.47. The second-order valence-corrected chi connectivity index (χ2v) is 6.14. The van der Waals surface area contributed by atoms with Crippen molar-refractivity contribution in [2.24, 2.45) is 0 Å². The van der Waals surface area contributed by atoms with Crippen molar-refractivity contribution in [2.45, 2.75) is 18.9 Å². The second-order valence-electron chi connectivity index (χ2n) is 5.70. The Hall–Kier alpha value is -2.10. The highest BCUT2D eigenvalue weighted by atomic mass is 35.5. The predicted molar refractivity (Wildman–Crippen MR) is 94.7 cm³/mol. The van der Waals surface area contributed by atoms with Gasteiger partial charge in [0.25, 0.3) is 0 Å². The number of halogens is 2. The lowest BCUT2D eigenvalue weighted by molar-refractivity contribution is 0.478. The van der Waals surface area contributed by atoms with Gasteiger partial charge in [-0.3, -0.25) is 0 Å². The van der Waals surface area contributed by atoms with E-state index in [-0.39, 0.29) is 11.7 Å². The van der Waals surface area contributed by atoms with Gasteiger partial charge < -0.3 is 9.73 Å². The van der Waals surface area contributed by atoms with Crippen LogP contribution in [0.4, 0.5) is 4.39 Å². The summed E-state index contributed by atoms with van der Waals surface area (Å²) in [6, 6.07) is 18.4. The molecule has 0 radical (unpaired) electrons. The molecule has 0 amide bonds. The summed E-state index contributed by atoms with van der Waals surface area (Å²) in [5.74, 6) is 0.886. The van der Waals surface area contributed by atoms with E-state index in [1.165, 1.54) is 17.7 Å². The summed E-state index contributed by atoms with van der Waals surface area (Å²) in [5, 5.41) is 4.10. The van der Waals surface area contributed by atoms with Crippen LogP contribution in [0, 0.1) is 5.82 Å². The Morgan fingerprint density at radius 1 is 0.958 bits per heavy atom. The molecule has 24 heavy (non-hydrogen) atoms. The van der Waals surface area contributed by atoms with Crippen LogP contribution in [0.15, 0.2) is 71.3 Å². The van der Waals surface area contributed by atoms with E-state index in [4.69, 9.17) is 16.0 Å². The molecule has 2 nitrogen and oxygen atoms in total. The maximum atomic E-state index is 13.2. The summed E-state index contributed by atoms with van der Waals surface area (Å²) in [4.78, 5) is 0. The Morgan fingerprint density at radius 3 is 2.25 bits per heavy atom. The molecule has 1 heterocycles. The van der Waals surface area contributed by atoms with Gasteiger partial charge in [0.1, 0.15) is 11.6 Å². The highest BCUT2D eigenvalue weighted by Gasteiger charge is 2.14. The molecule has 1 atom stereocenters. The van der Waals surface area contributed by atoms with Crippen LogP contribution in [0.1, 0.15) is 29.2 Å². The Kier molecular flexibility index (Phi) is 5.68. The van der Waals surface area contributed by atoms with Crippen LogP contribution >= 0.6 is 11.6 Å². The molecule has 4 heteroatoms. The summed E-state index contributed by atoms with van der Waals surface area (Å²) < 4.78 is 18.5. The van der Waals surface area contributed by atoms with E-state index < -0.39 is 0 Å². The van der Waals surface area contributed by atoms with Gasteiger partial charge in [-0.15, -0.1) is 0 Å². The van der Waals surface area contributed by atoms with Crippen LogP contribution in [0.5, 0.6) is 0 Å². The van der Waals surface area contributed by atoms with Gasteiger partial charge in [-0.1, -0.05) is 35.9 Å². The Labute approximate surface area is 146 Å². The molecule has 3 rings (SSSR count). The van der Waals surface area contributed by atoms with E-state index in [0.29, 0.717) is 11.6 Å². The zero-order valence-electron chi connectivity index (χ0n) is 13.2. The van der Waals surface area contributed by atoms with Crippen molar-refractivity contribution in [3.05, 3.63) is 94.7 Å². The van der Waals surface area contributed by atoms with E-state index in [1.54, 1.807) is 6.26 Å². The average Bonchev–Trinajstić information content (AvgIpc) is 3.11. The quantitative estimate of drug-likeness (QED) is 0.582. The van der Waals surface area contributed by atoms with E-state index >= 15 is 0 Å². The van der Waals surface area contributed by atoms with Gasteiger partial charge >= 0.3 is 0 Å². The highest BCUT2D eigenvalue weighted by molar-refractivity contribution is 6.30. The Bertz CT molecular complexity index is 693. The topological polar surface area (TPSA) is 25.2 Å². The Balaban J connectivity index is 1.69. The highest BCUT2D eigenvalue weighted by Crippen LogP contribution is 2.29. The molecule has 2 aromatic carbocycles. The maximum absolute atomic E-state index is 13.2. The molecule has 0 saturated carbocycles. The lowest BCUT2D eigenvalue weighted by atomic mass is 9.88. The summed E-state index contributed by atoms with van der Waals surface area (Å²) in [6.07, 6.45) is 2.57. The van der Waals surface area contributed by atoms with Gasteiger partial charge in [-0.25, -0.2) is 4.39 Å². The van der Waals surface area contributed by atoms with Crippen molar-refractivity contribution in [1.82, 2.24) is 5.32 Å². The Morgan fingerprint density at radius 2 is 1.62 bits per heavy atom. The third-order valence-electron chi connectivity index (χ3n) is 4.03. The predicted octanol–water partition coefficient (Wildman–Crippen LogP) is 5.38. The second kappa shape index (κ2) is 8.13. The third-order valence-corrected chi connectivity index (χ3v) is 4.29. The largest absolute Gasteiger partial charge is 0.468 e. The molecular weight excluding hydrogens is 325 g/mol. The summed E-state index contributed by atoms with van der Waals surface area (Å²) >= 11 is 5.99. The molecule has 0 aliphatic rings. The fraction of sp³-hybridized carbons (Fsp3) is 0.200. The summed E-state index contributed by atoms with van der Waals surface area (Å²) in [7, 11) is 0. The number of nitrogens with one attached hydrogen (secondary N) is 1. The lowest BCUT2D eigenvalue weighted by Gasteiger charge is -2.18. The van der Waals surface area contributed by atoms with E-state index in [9.17, 15) is 4.39 Å². The molecule has 0 bridgehead atoms. The van der Waals surface area contributed by atoms with E-state index in [2.05, 4.69) is 5.32 Å². The molecular formula is C20H19ClFNO. The number of hydrogen-bond acceptors (Lipinski definition) is 2. The van der Waals surface area contributed by atoms with Crippen molar-refractivity contribution in [3.8, 4) is 0 Å². The first kappa shape index (κ1) is 16.7. The van der Waals surface area contributed by atoms with Crippen LogP contribution in [-0.4, -0.2) is 6.54 Å². The van der Waals surface area contributed by atoms with Gasteiger partial charge in [-0.05, 0) is 60.5 Å². The molecule has 0 fully saturated rings. The fourth-order valence-corrected chi connectivity index (χ4v) is 2.91. The minimum atomic E-state index is -0.218. The lowest BCUT2D eigenvalue weighted by Crippen LogP contribution is -2.17. The first-order valence-corrected chi connectivity index (χ1v) is 8.34. The molecule has 0 spiro atoms. The number of hydrogen-bond donors (Lipinski definition) is 1. The van der Waals surface area contributed by atoms with Crippen LogP contribution in [0.25, 0.3) is 0 Å². The zero-order valence-corrected chi connectivity index (χ0v) is 14.0. The summed E-state index contributed by atoms with van der Waals surface area (Å²) in [6.45, 7) is 1.52. The molecule has 0 aliphatic heterocycles. The van der Waals surface area contributed by atoms with E-state index in [0.717, 1.165) is 24.3 Å². The van der Waals surface area contributed by atoms with Crippen LogP contribution in [0.2, 0.25) is 5.02 Å². The van der Waals surface area contributed by atoms with Crippen molar-refractivity contribution in [3.63, 3.8) is 0 Å².